The first-order chi connectivity index (χ1) is 11.6. The molecular weight excluding hydrogens is 308 g/mol. The molecule has 7 heteroatoms. The SMILES string of the molecule is CN(CCN1C(=O)c2ccccc2C1=O)CC(=O)N1CCNCC1. The summed E-state index contributed by atoms with van der Waals surface area (Å²) in [5.74, 6) is -0.420. The van der Waals surface area contributed by atoms with Crippen LogP contribution in [0.15, 0.2) is 24.3 Å². The molecule has 1 saturated heterocycles. The smallest absolute Gasteiger partial charge is 0.261 e. The number of likely N-dealkylation sites (N-methyl/N-ethyl adjacent to an activating group) is 1. The van der Waals surface area contributed by atoms with Gasteiger partial charge in [0.1, 0.15) is 0 Å². The monoisotopic (exact) mass is 330 g/mol. The van der Waals surface area contributed by atoms with E-state index in [1.165, 1.54) is 4.90 Å². The van der Waals surface area contributed by atoms with Crippen LogP contribution < -0.4 is 5.32 Å². The highest BCUT2D eigenvalue weighted by molar-refractivity contribution is 6.21. The highest BCUT2D eigenvalue weighted by Gasteiger charge is 2.34. The number of nitrogens with zero attached hydrogens (tertiary/aromatic N) is 3. The summed E-state index contributed by atoms with van der Waals surface area (Å²) in [6.07, 6.45) is 0. The Morgan fingerprint density at radius 2 is 1.71 bits per heavy atom. The molecule has 0 unspecified atom stereocenters. The van der Waals surface area contributed by atoms with E-state index in [2.05, 4.69) is 5.32 Å². The molecule has 0 spiro atoms. The van der Waals surface area contributed by atoms with Gasteiger partial charge < -0.3 is 10.2 Å². The van der Waals surface area contributed by atoms with Crippen LogP contribution in [0.1, 0.15) is 20.7 Å². The fourth-order valence-electron chi connectivity index (χ4n) is 3.04. The van der Waals surface area contributed by atoms with Crippen molar-refractivity contribution in [2.45, 2.75) is 0 Å². The highest BCUT2D eigenvalue weighted by Crippen LogP contribution is 2.21. The van der Waals surface area contributed by atoms with E-state index >= 15 is 0 Å². The Balaban J connectivity index is 1.52. The maximum Gasteiger partial charge on any atom is 0.261 e. The molecule has 0 radical (unpaired) electrons. The molecule has 0 saturated carbocycles. The van der Waals surface area contributed by atoms with Gasteiger partial charge in [-0.25, -0.2) is 0 Å². The largest absolute Gasteiger partial charge is 0.339 e. The van der Waals surface area contributed by atoms with Crippen LogP contribution in [-0.2, 0) is 4.79 Å². The number of hydrogen-bond acceptors (Lipinski definition) is 5. The van der Waals surface area contributed by atoms with Crippen molar-refractivity contribution >= 4 is 17.7 Å². The van der Waals surface area contributed by atoms with Crippen molar-refractivity contribution in [3.05, 3.63) is 35.4 Å². The van der Waals surface area contributed by atoms with Gasteiger partial charge in [0.15, 0.2) is 0 Å². The van der Waals surface area contributed by atoms with E-state index in [0.29, 0.717) is 24.2 Å². The van der Waals surface area contributed by atoms with Gasteiger partial charge in [-0.1, -0.05) is 12.1 Å². The molecule has 0 atom stereocenters. The van der Waals surface area contributed by atoms with E-state index in [-0.39, 0.29) is 24.3 Å². The number of hydrogen-bond donors (Lipinski definition) is 1. The number of fused-ring (bicyclic) bond motifs is 1. The van der Waals surface area contributed by atoms with Crippen molar-refractivity contribution in [2.75, 3.05) is 52.9 Å². The van der Waals surface area contributed by atoms with E-state index < -0.39 is 0 Å². The number of benzene rings is 1. The summed E-state index contributed by atoms with van der Waals surface area (Å²) in [7, 11) is 1.83. The first-order valence-electron chi connectivity index (χ1n) is 8.20. The summed E-state index contributed by atoms with van der Waals surface area (Å²) in [6.45, 7) is 4.16. The molecule has 2 aliphatic rings. The minimum absolute atomic E-state index is 0.0846. The number of amides is 3. The standard InChI is InChI=1S/C17H22N4O3/c1-19(12-15(22)20-8-6-18-7-9-20)10-11-21-16(23)13-4-2-3-5-14(13)17(21)24/h2-5,18H,6-12H2,1H3. The van der Waals surface area contributed by atoms with Crippen molar-refractivity contribution in [3.63, 3.8) is 0 Å². The fraction of sp³-hybridized carbons (Fsp3) is 0.471. The lowest BCUT2D eigenvalue weighted by atomic mass is 10.1. The van der Waals surface area contributed by atoms with Crippen LogP contribution >= 0.6 is 0 Å². The van der Waals surface area contributed by atoms with Gasteiger partial charge in [0.05, 0.1) is 17.7 Å². The van der Waals surface area contributed by atoms with Gasteiger partial charge in [0, 0.05) is 39.3 Å². The fourth-order valence-corrected chi connectivity index (χ4v) is 3.04. The third-order valence-electron chi connectivity index (χ3n) is 4.46. The zero-order chi connectivity index (χ0) is 17.1. The maximum absolute atomic E-state index is 12.3. The van der Waals surface area contributed by atoms with Gasteiger partial charge >= 0.3 is 0 Å². The summed E-state index contributed by atoms with van der Waals surface area (Å²) >= 11 is 0. The van der Waals surface area contributed by atoms with Gasteiger partial charge in [0.25, 0.3) is 11.8 Å². The average Bonchev–Trinajstić information content (AvgIpc) is 2.85. The minimum atomic E-state index is -0.252. The Morgan fingerprint density at radius 3 is 2.29 bits per heavy atom. The molecular formula is C17H22N4O3. The van der Waals surface area contributed by atoms with Crippen molar-refractivity contribution < 1.29 is 14.4 Å². The molecule has 128 valence electrons. The molecule has 3 rings (SSSR count). The van der Waals surface area contributed by atoms with Crippen LogP contribution in [0.4, 0.5) is 0 Å². The van der Waals surface area contributed by atoms with Crippen molar-refractivity contribution in [1.29, 1.82) is 0 Å². The van der Waals surface area contributed by atoms with E-state index in [1.54, 1.807) is 24.3 Å². The summed E-state index contributed by atoms with van der Waals surface area (Å²) in [4.78, 5) is 41.8. The highest BCUT2D eigenvalue weighted by atomic mass is 16.2. The van der Waals surface area contributed by atoms with Crippen LogP contribution in [0.5, 0.6) is 0 Å². The molecule has 24 heavy (non-hydrogen) atoms. The Kier molecular flexibility index (Phi) is 4.92. The quantitative estimate of drug-likeness (QED) is 0.747. The molecule has 1 fully saturated rings. The molecule has 0 bridgehead atoms. The molecule has 7 nitrogen and oxygen atoms in total. The first-order valence-corrected chi connectivity index (χ1v) is 8.20. The van der Waals surface area contributed by atoms with Gasteiger partial charge in [-0.05, 0) is 19.2 Å². The number of carbonyl (C=O) groups excluding carboxylic acids is 3. The van der Waals surface area contributed by atoms with Gasteiger partial charge in [0.2, 0.25) is 5.91 Å². The Bertz CT molecular complexity index is 620. The number of imide groups is 1. The van der Waals surface area contributed by atoms with Crippen LogP contribution in [-0.4, -0.2) is 85.3 Å². The maximum atomic E-state index is 12.3. The Hall–Kier alpha value is -2.25. The van der Waals surface area contributed by atoms with Crippen LogP contribution in [0.25, 0.3) is 0 Å². The van der Waals surface area contributed by atoms with Gasteiger partial charge in [-0.3, -0.25) is 24.2 Å². The molecule has 3 amide bonds. The second-order valence-electron chi connectivity index (χ2n) is 6.18. The lowest BCUT2D eigenvalue weighted by Crippen LogP contribution is -2.49. The Labute approximate surface area is 141 Å². The van der Waals surface area contributed by atoms with Crippen LogP contribution in [0.3, 0.4) is 0 Å². The van der Waals surface area contributed by atoms with Crippen molar-refractivity contribution in [3.8, 4) is 0 Å². The molecule has 2 aliphatic heterocycles. The number of rotatable bonds is 5. The topological polar surface area (TPSA) is 73.0 Å². The zero-order valence-corrected chi connectivity index (χ0v) is 13.8. The second-order valence-corrected chi connectivity index (χ2v) is 6.18. The van der Waals surface area contributed by atoms with Crippen LogP contribution in [0.2, 0.25) is 0 Å². The number of carbonyl (C=O) groups is 3. The lowest BCUT2D eigenvalue weighted by molar-refractivity contribution is -0.132. The third-order valence-corrected chi connectivity index (χ3v) is 4.46. The lowest BCUT2D eigenvalue weighted by Gasteiger charge is -2.29. The minimum Gasteiger partial charge on any atom is -0.339 e. The van der Waals surface area contributed by atoms with E-state index in [1.807, 2.05) is 16.8 Å². The average molecular weight is 330 g/mol. The van der Waals surface area contributed by atoms with E-state index in [9.17, 15) is 14.4 Å². The summed E-state index contributed by atoms with van der Waals surface area (Å²) in [6, 6.07) is 6.86. The van der Waals surface area contributed by atoms with Gasteiger partial charge in [-0.2, -0.15) is 0 Å². The zero-order valence-electron chi connectivity index (χ0n) is 13.8. The molecule has 0 aromatic heterocycles. The molecule has 1 aromatic rings. The summed E-state index contributed by atoms with van der Waals surface area (Å²) in [5.41, 5.74) is 0.920. The van der Waals surface area contributed by atoms with Crippen molar-refractivity contribution in [2.24, 2.45) is 0 Å². The summed E-state index contributed by atoms with van der Waals surface area (Å²) < 4.78 is 0. The van der Waals surface area contributed by atoms with Crippen LogP contribution in [0, 0.1) is 0 Å². The molecule has 0 aliphatic carbocycles. The first kappa shape index (κ1) is 16.6. The van der Waals surface area contributed by atoms with Crippen molar-refractivity contribution in [1.82, 2.24) is 20.0 Å². The number of piperazine rings is 1. The molecule has 1 N–H and O–H groups in total. The predicted molar refractivity (Wildman–Crippen MR) is 88.8 cm³/mol. The summed E-state index contributed by atoms with van der Waals surface area (Å²) in [5, 5.41) is 3.21. The second kappa shape index (κ2) is 7.11. The van der Waals surface area contributed by atoms with E-state index in [4.69, 9.17) is 0 Å². The molecule has 1 aromatic carbocycles. The van der Waals surface area contributed by atoms with E-state index in [0.717, 1.165) is 26.2 Å². The molecule has 2 heterocycles. The van der Waals surface area contributed by atoms with Gasteiger partial charge in [-0.15, -0.1) is 0 Å². The normalized spacial score (nSPS) is 17.6. The third kappa shape index (κ3) is 3.32. The number of nitrogens with one attached hydrogen (secondary N) is 1. The Morgan fingerprint density at radius 1 is 1.12 bits per heavy atom. The predicted octanol–water partition coefficient (Wildman–Crippen LogP) is -0.354.